The third-order valence-corrected chi connectivity index (χ3v) is 3.94. The van der Waals surface area contributed by atoms with Gasteiger partial charge in [-0.25, -0.2) is 0 Å². The number of ether oxygens (including phenoxy) is 1. The van der Waals surface area contributed by atoms with Gasteiger partial charge in [0.25, 0.3) is 0 Å². The fraction of sp³-hybridized carbons (Fsp3) is 0.647. The Morgan fingerprint density at radius 3 is 2.20 bits per heavy atom. The molecular formula is C17H28BrNO. The van der Waals surface area contributed by atoms with E-state index < -0.39 is 0 Å². The Hall–Kier alpha value is -0.540. The molecule has 0 aromatic heterocycles. The number of benzene rings is 1. The van der Waals surface area contributed by atoms with Crippen LogP contribution in [-0.4, -0.2) is 32.6 Å². The Kier molecular flexibility index (Phi) is 9.77. The fourth-order valence-electron chi connectivity index (χ4n) is 2.09. The van der Waals surface area contributed by atoms with Gasteiger partial charge < -0.3 is 9.64 Å². The summed E-state index contributed by atoms with van der Waals surface area (Å²) < 4.78 is 5.68. The molecule has 0 aliphatic heterocycles. The van der Waals surface area contributed by atoms with E-state index in [2.05, 4.69) is 59.2 Å². The van der Waals surface area contributed by atoms with Crippen LogP contribution in [0.2, 0.25) is 0 Å². The van der Waals surface area contributed by atoms with Gasteiger partial charge in [-0.2, -0.15) is 0 Å². The van der Waals surface area contributed by atoms with Crippen molar-refractivity contribution < 1.29 is 4.74 Å². The van der Waals surface area contributed by atoms with Crippen molar-refractivity contribution in [3.63, 3.8) is 0 Å². The van der Waals surface area contributed by atoms with Gasteiger partial charge in [0, 0.05) is 38.3 Å². The van der Waals surface area contributed by atoms with E-state index in [1.54, 1.807) is 0 Å². The van der Waals surface area contributed by atoms with E-state index in [0.717, 1.165) is 31.4 Å². The highest BCUT2D eigenvalue weighted by molar-refractivity contribution is 9.09. The molecule has 0 aliphatic carbocycles. The molecule has 0 amide bonds. The van der Waals surface area contributed by atoms with Crippen LogP contribution >= 0.6 is 15.9 Å². The van der Waals surface area contributed by atoms with Crippen LogP contribution in [0.1, 0.15) is 37.7 Å². The molecule has 0 N–H and O–H groups in total. The Morgan fingerprint density at radius 1 is 0.900 bits per heavy atom. The summed E-state index contributed by atoms with van der Waals surface area (Å²) in [7, 11) is 4.14. The van der Waals surface area contributed by atoms with Gasteiger partial charge in [0.1, 0.15) is 0 Å². The zero-order chi connectivity index (χ0) is 14.6. The first kappa shape index (κ1) is 17.5. The summed E-state index contributed by atoms with van der Waals surface area (Å²) in [4.78, 5) is 2.13. The molecule has 2 nitrogen and oxygen atoms in total. The lowest BCUT2D eigenvalue weighted by atomic mass is 10.1. The van der Waals surface area contributed by atoms with Crippen LogP contribution in [0, 0.1) is 0 Å². The smallest absolute Gasteiger partial charge is 0.0469 e. The Labute approximate surface area is 132 Å². The standard InChI is InChI=1S/C17H28BrNO/c1-19(2)17-11-9-16(10-12-17)8-7-15-20-14-6-4-3-5-13-18/h9-12H,3-8,13-15H2,1-2H3. The summed E-state index contributed by atoms with van der Waals surface area (Å²) in [6.45, 7) is 1.80. The molecule has 0 unspecified atom stereocenters. The summed E-state index contributed by atoms with van der Waals surface area (Å²) in [6, 6.07) is 8.80. The number of alkyl halides is 1. The van der Waals surface area contributed by atoms with Gasteiger partial charge in [0.2, 0.25) is 0 Å². The average Bonchev–Trinajstić information content (AvgIpc) is 2.46. The SMILES string of the molecule is CN(C)c1ccc(CCCOCCCCCCBr)cc1. The van der Waals surface area contributed by atoms with Gasteiger partial charge in [-0.05, 0) is 43.4 Å². The van der Waals surface area contributed by atoms with Crippen molar-refractivity contribution in [2.45, 2.75) is 38.5 Å². The van der Waals surface area contributed by atoms with Gasteiger partial charge in [0.05, 0.1) is 0 Å². The molecule has 0 fully saturated rings. The summed E-state index contributed by atoms with van der Waals surface area (Å²) >= 11 is 3.45. The maximum absolute atomic E-state index is 5.68. The van der Waals surface area contributed by atoms with Gasteiger partial charge in [-0.15, -0.1) is 0 Å². The number of aryl methyl sites for hydroxylation is 1. The van der Waals surface area contributed by atoms with Crippen molar-refractivity contribution in [3.8, 4) is 0 Å². The van der Waals surface area contributed by atoms with E-state index in [4.69, 9.17) is 4.74 Å². The molecule has 0 heterocycles. The van der Waals surface area contributed by atoms with Crippen LogP contribution in [0.5, 0.6) is 0 Å². The molecule has 114 valence electrons. The molecule has 0 atom stereocenters. The minimum absolute atomic E-state index is 0.883. The van der Waals surface area contributed by atoms with E-state index in [-0.39, 0.29) is 0 Å². The molecule has 1 rings (SSSR count). The molecule has 0 aliphatic rings. The van der Waals surface area contributed by atoms with E-state index in [1.165, 1.54) is 36.9 Å². The number of anilines is 1. The van der Waals surface area contributed by atoms with Crippen molar-refractivity contribution in [2.75, 3.05) is 37.5 Å². The second-order valence-electron chi connectivity index (χ2n) is 5.38. The number of hydrogen-bond donors (Lipinski definition) is 0. The largest absolute Gasteiger partial charge is 0.381 e. The maximum atomic E-state index is 5.68. The summed E-state index contributed by atoms with van der Waals surface area (Å²) in [5.41, 5.74) is 2.66. The molecule has 0 spiro atoms. The number of nitrogens with zero attached hydrogens (tertiary/aromatic N) is 1. The van der Waals surface area contributed by atoms with Gasteiger partial charge >= 0.3 is 0 Å². The predicted molar refractivity (Wildman–Crippen MR) is 92.2 cm³/mol. The first-order chi connectivity index (χ1) is 9.74. The highest BCUT2D eigenvalue weighted by atomic mass is 79.9. The van der Waals surface area contributed by atoms with E-state index >= 15 is 0 Å². The normalized spacial score (nSPS) is 10.8. The van der Waals surface area contributed by atoms with Crippen LogP contribution in [0.3, 0.4) is 0 Å². The van der Waals surface area contributed by atoms with E-state index in [1.807, 2.05) is 0 Å². The molecule has 0 bridgehead atoms. The lowest BCUT2D eigenvalue weighted by Gasteiger charge is -2.12. The molecule has 0 saturated heterocycles. The average molecular weight is 342 g/mol. The van der Waals surface area contributed by atoms with Crippen LogP contribution in [0.25, 0.3) is 0 Å². The van der Waals surface area contributed by atoms with Gasteiger partial charge in [-0.3, -0.25) is 0 Å². The van der Waals surface area contributed by atoms with Crippen molar-refractivity contribution in [1.29, 1.82) is 0 Å². The highest BCUT2D eigenvalue weighted by Crippen LogP contribution is 2.13. The molecule has 20 heavy (non-hydrogen) atoms. The van der Waals surface area contributed by atoms with Crippen LogP contribution in [0.15, 0.2) is 24.3 Å². The summed E-state index contributed by atoms with van der Waals surface area (Å²) in [5.74, 6) is 0. The van der Waals surface area contributed by atoms with Crippen LogP contribution in [-0.2, 0) is 11.2 Å². The Morgan fingerprint density at radius 2 is 1.55 bits per heavy atom. The third-order valence-electron chi connectivity index (χ3n) is 3.38. The van der Waals surface area contributed by atoms with Gasteiger partial charge in [-0.1, -0.05) is 40.9 Å². The minimum atomic E-state index is 0.883. The predicted octanol–water partition coefficient (Wildman–Crippen LogP) is 4.66. The van der Waals surface area contributed by atoms with Gasteiger partial charge in [0.15, 0.2) is 0 Å². The van der Waals surface area contributed by atoms with Crippen molar-refractivity contribution >= 4 is 21.6 Å². The van der Waals surface area contributed by atoms with Crippen LogP contribution in [0.4, 0.5) is 5.69 Å². The quantitative estimate of drug-likeness (QED) is 0.428. The molecule has 1 aromatic rings. The molecule has 3 heteroatoms. The van der Waals surface area contributed by atoms with E-state index in [0.29, 0.717) is 0 Å². The lowest BCUT2D eigenvalue weighted by molar-refractivity contribution is 0.128. The zero-order valence-corrected chi connectivity index (χ0v) is 14.5. The molecule has 0 saturated carbocycles. The molecular weight excluding hydrogens is 314 g/mol. The first-order valence-electron chi connectivity index (χ1n) is 7.64. The summed E-state index contributed by atoms with van der Waals surface area (Å²) in [5, 5.41) is 1.13. The fourth-order valence-corrected chi connectivity index (χ4v) is 2.49. The number of halogens is 1. The molecule has 1 aromatic carbocycles. The number of hydrogen-bond acceptors (Lipinski definition) is 2. The minimum Gasteiger partial charge on any atom is -0.381 e. The Bertz CT molecular complexity index is 337. The first-order valence-corrected chi connectivity index (χ1v) is 8.76. The van der Waals surface area contributed by atoms with Crippen molar-refractivity contribution in [3.05, 3.63) is 29.8 Å². The Balaban J connectivity index is 2.01. The third kappa shape index (κ3) is 7.91. The molecule has 0 radical (unpaired) electrons. The maximum Gasteiger partial charge on any atom is 0.0469 e. The second kappa shape index (κ2) is 11.2. The monoisotopic (exact) mass is 341 g/mol. The summed E-state index contributed by atoms with van der Waals surface area (Å²) in [6.07, 6.45) is 7.30. The van der Waals surface area contributed by atoms with E-state index in [9.17, 15) is 0 Å². The lowest BCUT2D eigenvalue weighted by Crippen LogP contribution is -2.08. The number of unbranched alkanes of at least 4 members (excludes halogenated alkanes) is 3. The highest BCUT2D eigenvalue weighted by Gasteiger charge is 1.97. The van der Waals surface area contributed by atoms with Crippen molar-refractivity contribution in [2.24, 2.45) is 0 Å². The second-order valence-corrected chi connectivity index (χ2v) is 6.17. The topological polar surface area (TPSA) is 12.5 Å². The zero-order valence-electron chi connectivity index (χ0n) is 12.9. The van der Waals surface area contributed by atoms with Crippen LogP contribution < -0.4 is 4.90 Å². The van der Waals surface area contributed by atoms with Crippen molar-refractivity contribution in [1.82, 2.24) is 0 Å². The number of rotatable bonds is 11.